The van der Waals surface area contributed by atoms with Crippen molar-refractivity contribution in [2.24, 2.45) is 0 Å². The third kappa shape index (κ3) is 4.79. The van der Waals surface area contributed by atoms with Crippen LogP contribution in [-0.4, -0.2) is 35.7 Å². The standard InChI is InChI=1S/C22H24N2O4S/c1-15-7-6-8-16(11-15)13-29-14-20(26)28-12-19(25)24-18-10-5-4-9-17(18)23-21(27)22(24,2)3/h4-11H,12-14H2,1-3H3,(H,23,27). The van der Waals surface area contributed by atoms with Gasteiger partial charge in [-0.3, -0.25) is 19.3 Å². The van der Waals surface area contributed by atoms with Gasteiger partial charge < -0.3 is 10.1 Å². The van der Waals surface area contributed by atoms with Gasteiger partial charge in [0, 0.05) is 5.75 Å². The van der Waals surface area contributed by atoms with Crippen molar-refractivity contribution in [2.45, 2.75) is 32.1 Å². The third-order valence-electron chi connectivity index (χ3n) is 4.68. The average Bonchev–Trinajstić information content (AvgIpc) is 2.67. The Morgan fingerprint density at radius 3 is 2.66 bits per heavy atom. The first-order valence-electron chi connectivity index (χ1n) is 9.31. The summed E-state index contributed by atoms with van der Waals surface area (Å²) in [6.45, 7) is 4.94. The van der Waals surface area contributed by atoms with Crippen molar-refractivity contribution in [3.05, 3.63) is 59.7 Å². The number of carbonyl (C=O) groups is 3. The molecule has 0 saturated heterocycles. The van der Waals surface area contributed by atoms with E-state index >= 15 is 0 Å². The van der Waals surface area contributed by atoms with E-state index in [9.17, 15) is 14.4 Å². The lowest BCUT2D eigenvalue weighted by atomic mass is 9.96. The molecule has 1 N–H and O–H groups in total. The lowest BCUT2D eigenvalue weighted by Crippen LogP contribution is -2.59. The fourth-order valence-electron chi connectivity index (χ4n) is 3.20. The number of hydrogen-bond acceptors (Lipinski definition) is 5. The van der Waals surface area contributed by atoms with Crippen molar-refractivity contribution in [3.63, 3.8) is 0 Å². The summed E-state index contributed by atoms with van der Waals surface area (Å²) < 4.78 is 5.18. The van der Waals surface area contributed by atoms with Crippen molar-refractivity contribution in [1.82, 2.24) is 0 Å². The first-order chi connectivity index (χ1) is 13.8. The lowest BCUT2D eigenvalue weighted by molar-refractivity contribution is -0.145. The number of fused-ring (bicyclic) bond motifs is 1. The summed E-state index contributed by atoms with van der Waals surface area (Å²) in [6.07, 6.45) is 0. The Hall–Kier alpha value is -2.80. The van der Waals surface area contributed by atoms with Crippen LogP contribution in [0.25, 0.3) is 0 Å². The minimum absolute atomic E-state index is 0.154. The Labute approximate surface area is 174 Å². The zero-order chi connectivity index (χ0) is 21.0. The minimum atomic E-state index is -1.09. The van der Waals surface area contributed by atoms with Crippen LogP contribution in [0.15, 0.2) is 48.5 Å². The van der Waals surface area contributed by atoms with Gasteiger partial charge in [0.15, 0.2) is 6.61 Å². The second kappa shape index (κ2) is 8.69. The highest BCUT2D eigenvalue weighted by Crippen LogP contribution is 2.36. The fourth-order valence-corrected chi connectivity index (χ4v) is 3.97. The molecule has 0 fully saturated rings. The van der Waals surface area contributed by atoms with Gasteiger partial charge in [-0.15, -0.1) is 11.8 Å². The quantitative estimate of drug-likeness (QED) is 0.735. The summed E-state index contributed by atoms with van der Waals surface area (Å²) in [5.41, 5.74) is 2.37. The van der Waals surface area contributed by atoms with Crippen molar-refractivity contribution in [3.8, 4) is 0 Å². The van der Waals surface area contributed by atoms with Crippen LogP contribution in [0.5, 0.6) is 0 Å². The van der Waals surface area contributed by atoms with Crippen LogP contribution in [0.1, 0.15) is 25.0 Å². The molecular formula is C22H24N2O4S. The first-order valence-corrected chi connectivity index (χ1v) is 10.5. The zero-order valence-corrected chi connectivity index (χ0v) is 17.5. The molecule has 1 heterocycles. The Balaban J connectivity index is 1.57. The number of rotatable bonds is 6. The maximum Gasteiger partial charge on any atom is 0.316 e. The predicted octanol–water partition coefficient (Wildman–Crippen LogP) is 3.54. The highest BCUT2D eigenvalue weighted by molar-refractivity contribution is 7.99. The van der Waals surface area contributed by atoms with E-state index in [2.05, 4.69) is 11.4 Å². The van der Waals surface area contributed by atoms with Crippen LogP contribution in [0, 0.1) is 6.92 Å². The predicted molar refractivity (Wildman–Crippen MR) is 115 cm³/mol. The second-order valence-corrected chi connectivity index (χ2v) is 8.39. The van der Waals surface area contributed by atoms with Crippen molar-refractivity contribution < 1.29 is 19.1 Å². The average molecular weight is 413 g/mol. The number of para-hydroxylation sites is 2. The monoisotopic (exact) mass is 412 g/mol. The van der Waals surface area contributed by atoms with E-state index in [4.69, 9.17) is 4.74 Å². The van der Waals surface area contributed by atoms with Crippen molar-refractivity contribution in [2.75, 3.05) is 22.6 Å². The molecule has 0 bridgehead atoms. The first kappa shape index (κ1) is 20.9. The number of hydrogen-bond donors (Lipinski definition) is 1. The molecule has 0 spiro atoms. The number of thioether (sulfide) groups is 1. The van der Waals surface area contributed by atoms with Gasteiger partial charge in [-0.2, -0.15) is 0 Å². The molecule has 29 heavy (non-hydrogen) atoms. The Morgan fingerprint density at radius 1 is 1.14 bits per heavy atom. The second-order valence-electron chi connectivity index (χ2n) is 7.40. The molecule has 0 aromatic heterocycles. The molecule has 0 aliphatic carbocycles. The van der Waals surface area contributed by atoms with E-state index in [0.29, 0.717) is 17.1 Å². The molecule has 152 valence electrons. The Bertz CT molecular complexity index is 942. The Kier molecular flexibility index (Phi) is 6.27. The molecule has 0 unspecified atom stereocenters. The fraction of sp³-hybridized carbons (Fsp3) is 0.318. The van der Waals surface area contributed by atoms with Crippen LogP contribution >= 0.6 is 11.8 Å². The SMILES string of the molecule is Cc1cccc(CSCC(=O)OCC(=O)N2c3ccccc3NC(=O)C2(C)C)c1. The third-order valence-corrected chi connectivity index (χ3v) is 5.66. The minimum Gasteiger partial charge on any atom is -0.455 e. The van der Waals surface area contributed by atoms with E-state index in [1.165, 1.54) is 22.2 Å². The molecule has 0 atom stereocenters. The van der Waals surface area contributed by atoms with Crippen molar-refractivity contribution in [1.29, 1.82) is 0 Å². The molecule has 1 aliphatic heterocycles. The molecule has 0 saturated carbocycles. The summed E-state index contributed by atoms with van der Waals surface area (Å²) >= 11 is 1.44. The van der Waals surface area contributed by atoms with Crippen LogP contribution in [0.2, 0.25) is 0 Å². The topological polar surface area (TPSA) is 75.7 Å². The number of ether oxygens (including phenoxy) is 1. The van der Waals surface area contributed by atoms with Gasteiger partial charge >= 0.3 is 5.97 Å². The van der Waals surface area contributed by atoms with E-state index in [0.717, 1.165) is 5.56 Å². The molecule has 2 aromatic carbocycles. The molecule has 2 amide bonds. The van der Waals surface area contributed by atoms with Gasteiger partial charge in [0.2, 0.25) is 5.91 Å². The molecule has 2 aromatic rings. The molecule has 7 heteroatoms. The number of aryl methyl sites for hydroxylation is 1. The number of carbonyl (C=O) groups excluding carboxylic acids is 3. The van der Waals surface area contributed by atoms with E-state index in [-0.39, 0.29) is 11.7 Å². The number of benzene rings is 2. The van der Waals surface area contributed by atoms with Crippen LogP contribution in [-0.2, 0) is 24.9 Å². The largest absolute Gasteiger partial charge is 0.455 e. The highest BCUT2D eigenvalue weighted by atomic mass is 32.2. The van der Waals surface area contributed by atoms with Crippen molar-refractivity contribution >= 4 is 40.9 Å². The van der Waals surface area contributed by atoms with Gasteiger partial charge in [-0.25, -0.2) is 0 Å². The summed E-state index contributed by atoms with van der Waals surface area (Å²) in [7, 11) is 0. The summed E-state index contributed by atoms with van der Waals surface area (Å²) in [6, 6.07) is 15.2. The summed E-state index contributed by atoms with van der Waals surface area (Å²) in [5.74, 6) is -0.332. The number of nitrogens with one attached hydrogen (secondary N) is 1. The molecule has 3 rings (SSSR count). The van der Waals surface area contributed by atoms with E-state index in [1.54, 1.807) is 38.1 Å². The molecule has 1 aliphatic rings. The van der Waals surface area contributed by atoms with E-state index < -0.39 is 24.0 Å². The highest BCUT2D eigenvalue weighted by Gasteiger charge is 2.43. The van der Waals surface area contributed by atoms with Crippen LogP contribution < -0.4 is 10.2 Å². The lowest BCUT2D eigenvalue weighted by Gasteiger charge is -2.41. The normalized spacial score (nSPS) is 14.7. The number of nitrogens with zero attached hydrogens (tertiary/aromatic N) is 1. The van der Waals surface area contributed by atoms with Gasteiger partial charge in [0.05, 0.1) is 17.1 Å². The van der Waals surface area contributed by atoms with Crippen LogP contribution in [0.4, 0.5) is 11.4 Å². The smallest absolute Gasteiger partial charge is 0.316 e. The number of anilines is 2. The molecular weight excluding hydrogens is 388 g/mol. The molecule has 6 nitrogen and oxygen atoms in total. The maximum absolute atomic E-state index is 12.8. The van der Waals surface area contributed by atoms with Gasteiger partial charge in [-0.05, 0) is 38.5 Å². The summed E-state index contributed by atoms with van der Waals surface area (Å²) in [4.78, 5) is 38.7. The zero-order valence-electron chi connectivity index (χ0n) is 16.7. The molecule has 0 radical (unpaired) electrons. The number of amides is 2. The van der Waals surface area contributed by atoms with Gasteiger partial charge in [0.25, 0.3) is 5.91 Å². The summed E-state index contributed by atoms with van der Waals surface area (Å²) in [5, 5.41) is 2.80. The maximum atomic E-state index is 12.8. The Morgan fingerprint density at radius 2 is 1.90 bits per heavy atom. The van der Waals surface area contributed by atoms with Crippen LogP contribution in [0.3, 0.4) is 0 Å². The van der Waals surface area contributed by atoms with Gasteiger partial charge in [0.1, 0.15) is 5.54 Å². The number of esters is 1. The van der Waals surface area contributed by atoms with E-state index in [1.807, 2.05) is 25.1 Å². The van der Waals surface area contributed by atoms with Gasteiger partial charge in [-0.1, -0.05) is 42.0 Å².